The first kappa shape index (κ1) is 26.0. The number of nitrogens with zero attached hydrogens (tertiary/aromatic N) is 1. The molecule has 1 N–H and O–H groups in total. The van der Waals surface area contributed by atoms with Crippen molar-refractivity contribution in [3.05, 3.63) is 105 Å². The summed E-state index contributed by atoms with van der Waals surface area (Å²) < 4.78 is 12.6. The van der Waals surface area contributed by atoms with E-state index in [9.17, 15) is 10.1 Å². The molecule has 0 aliphatic carbocycles. The zero-order chi connectivity index (χ0) is 26.4. The molecule has 37 heavy (non-hydrogen) atoms. The molecule has 0 unspecified atom stereocenters. The summed E-state index contributed by atoms with van der Waals surface area (Å²) in [6, 6.07) is 25.8. The van der Waals surface area contributed by atoms with Gasteiger partial charge in [-0.25, -0.2) is 0 Å². The summed E-state index contributed by atoms with van der Waals surface area (Å²) in [5.41, 5.74) is 4.27. The first-order valence-corrected chi connectivity index (χ1v) is 12.7. The molecule has 4 aromatic rings. The smallest absolute Gasteiger partial charge is 0.266 e. The van der Waals surface area contributed by atoms with E-state index in [0.29, 0.717) is 40.4 Å². The number of rotatable bonds is 8. The number of aryl methyl sites for hydroxylation is 2. The van der Waals surface area contributed by atoms with Gasteiger partial charge in [0.25, 0.3) is 5.91 Å². The number of halogens is 1. The van der Waals surface area contributed by atoms with Crippen LogP contribution in [0.5, 0.6) is 11.5 Å². The highest BCUT2D eigenvalue weighted by Crippen LogP contribution is 2.35. The first-order chi connectivity index (χ1) is 17.9. The Morgan fingerprint density at radius 2 is 1.73 bits per heavy atom. The third-order valence-corrected chi connectivity index (χ3v) is 6.56. The van der Waals surface area contributed by atoms with Crippen LogP contribution in [0, 0.1) is 25.2 Å². The maximum absolute atomic E-state index is 12.9. The molecule has 0 saturated carbocycles. The number of amides is 1. The highest BCUT2D eigenvalue weighted by Gasteiger charge is 2.15. The second-order valence-electron chi connectivity index (χ2n) is 8.67. The maximum atomic E-state index is 12.9. The summed E-state index contributed by atoms with van der Waals surface area (Å²) in [5.74, 6) is 0.625. The first-order valence-electron chi connectivity index (χ1n) is 11.9. The molecule has 186 valence electrons. The fourth-order valence-corrected chi connectivity index (χ4v) is 4.33. The van der Waals surface area contributed by atoms with Gasteiger partial charge in [0.15, 0.2) is 11.5 Å². The third-order valence-electron chi connectivity index (χ3n) is 5.88. The van der Waals surface area contributed by atoms with Crippen molar-refractivity contribution in [2.75, 3.05) is 11.9 Å². The van der Waals surface area contributed by atoms with E-state index in [2.05, 4.69) is 45.5 Å². The molecule has 0 aromatic heterocycles. The number of benzene rings is 4. The van der Waals surface area contributed by atoms with E-state index in [1.54, 1.807) is 18.2 Å². The minimum Gasteiger partial charge on any atom is -0.490 e. The topological polar surface area (TPSA) is 71.3 Å². The molecule has 4 aromatic carbocycles. The van der Waals surface area contributed by atoms with E-state index < -0.39 is 5.91 Å². The van der Waals surface area contributed by atoms with Gasteiger partial charge in [0.1, 0.15) is 18.2 Å². The van der Waals surface area contributed by atoms with E-state index in [-0.39, 0.29) is 5.57 Å². The number of hydrogen-bond acceptors (Lipinski definition) is 4. The van der Waals surface area contributed by atoms with Gasteiger partial charge < -0.3 is 14.8 Å². The Labute approximate surface area is 225 Å². The molecule has 4 rings (SSSR count). The van der Waals surface area contributed by atoms with Crippen LogP contribution in [0.2, 0.25) is 0 Å². The second kappa shape index (κ2) is 11.8. The van der Waals surface area contributed by atoms with E-state index in [1.165, 1.54) is 5.39 Å². The molecular weight excluding hydrogens is 528 g/mol. The number of nitriles is 1. The van der Waals surface area contributed by atoms with Crippen molar-refractivity contribution >= 4 is 44.4 Å². The average Bonchev–Trinajstić information content (AvgIpc) is 2.89. The molecule has 0 radical (unpaired) electrons. The molecule has 0 aliphatic heterocycles. The molecular formula is C31H27BrN2O3. The van der Waals surface area contributed by atoms with Crippen LogP contribution in [-0.2, 0) is 11.4 Å². The van der Waals surface area contributed by atoms with Gasteiger partial charge in [0, 0.05) is 10.2 Å². The number of carbonyl (C=O) groups excluding carboxylic acids is 1. The van der Waals surface area contributed by atoms with Crippen molar-refractivity contribution in [3.63, 3.8) is 0 Å². The Balaban J connectivity index is 1.57. The number of hydrogen-bond donors (Lipinski definition) is 1. The Morgan fingerprint density at radius 3 is 2.49 bits per heavy atom. The lowest BCUT2D eigenvalue weighted by Crippen LogP contribution is -2.14. The van der Waals surface area contributed by atoms with Crippen LogP contribution in [-0.4, -0.2) is 12.5 Å². The van der Waals surface area contributed by atoms with E-state index in [1.807, 2.05) is 63.2 Å². The molecule has 0 atom stereocenters. The lowest BCUT2D eigenvalue weighted by molar-refractivity contribution is -0.112. The van der Waals surface area contributed by atoms with Gasteiger partial charge in [0.2, 0.25) is 0 Å². The minimum atomic E-state index is -0.474. The lowest BCUT2D eigenvalue weighted by atomic mass is 10.1. The van der Waals surface area contributed by atoms with Crippen molar-refractivity contribution in [1.82, 2.24) is 0 Å². The van der Waals surface area contributed by atoms with Crippen LogP contribution in [0.25, 0.3) is 16.8 Å². The summed E-state index contributed by atoms with van der Waals surface area (Å²) in [7, 11) is 0. The summed E-state index contributed by atoms with van der Waals surface area (Å²) in [5, 5.41) is 14.9. The fraction of sp³-hybridized carbons (Fsp3) is 0.161. The Bertz CT molecular complexity index is 1540. The van der Waals surface area contributed by atoms with Crippen LogP contribution < -0.4 is 14.8 Å². The third kappa shape index (κ3) is 6.38. The van der Waals surface area contributed by atoms with Gasteiger partial charge in [0.05, 0.1) is 6.61 Å². The van der Waals surface area contributed by atoms with Crippen LogP contribution in [0.15, 0.2) is 82.8 Å². The maximum Gasteiger partial charge on any atom is 0.266 e. The van der Waals surface area contributed by atoms with Gasteiger partial charge in [-0.3, -0.25) is 4.79 Å². The second-order valence-corrected chi connectivity index (χ2v) is 9.52. The predicted octanol–water partition coefficient (Wildman–Crippen LogP) is 7.74. The minimum absolute atomic E-state index is 0.0195. The average molecular weight is 555 g/mol. The molecule has 0 heterocycles. The Morgan fingerprint density at radius 1 is 0.973 bits per heavy atom. The van der Waals surface area contributed by atoms with Gasteiger partial charge in [-0.1, -0.05) is 64.5 Å². The largest absolute Gasteiger partial charge is 0.490 e. The molecule has 0 saturated heterocycles. The molecule has 0 spiro atoms. The highest BCUT2D eigenvalue weighted by molar-refractivity contribution is 9.10. The Hall–Kier alpha value is -4.08. The van der Waals surface area contributed by atoms with Crippen LogP contribution in [0.3, 0.4) is 0 Å². The molecule has 0 aliphatic rings. The van der Waals surface area contributed by atoms with Crippen molar-refractivity contribution in [3.8, 4) is 17.6 Å². The highest BCUT2D eigenvalue weighted by atomic mass is 79.9. The summed E-state index contributed by atoms with van der Waals surface area (Å²) >= 11 is 3.56. The molecule has 6 heteroatoms. The number of anilines is 1. The standard InChI is InChI=1S/C31H27BrN2O3/c1-4-36-29-16-25(15-26(18-33)31(35)34-28-13-20(2)9-10-21(28)3)27(32)17-30(29)37-19-22-11-12-23-7-5-6-8-24(23)14-22/h5-17H,4,19H2,1-3H3,(H,34,35)/b26-15+. The predicted molar refractivity (Wildman–Crippen MR) is 152 cm³/mol. The van der Waals surface area contributed by atoms with Gasteiger partial charge in [-0.05, 0) is 84.1 Å². The zero-order valence-electron chi connectivity index (χ0n) is 21.0. The summed E-state index contributed by atoms with van der Waals surface area (Å²) in [6.45, 7) is 6.56. The van der Waals surface area contributed by atoms with Crippen LogP contribution in [0.1, 0.15) is 29.2 Å². The lowest BCUT2D eigenvalue weighted by Gasteiger charge is -2.15. The van der Waals surface area contributed by atoms with Crippen molar-refractivity contribution in [2.24, 2.45) is 0 Å². The van der Waals surface area contributed by atoms with E-state index >= 15 is 0 Å². The van der Waals surface area contributed by atoms with Crippen molar-refractivity contribution < 1.29 is 14.3 Å². The van der Waals surface area contributed by atoms with Crippen molar-refractivity contribution in [2.45, 2.75) is 27.4 Å². The molecule has 1 amide bonds. The van der Waals surface area contributed by atoms with Gasteiger partial charge in [-0.15, -0.1) is 0 Å². The normalized spacial score (nSPS) is 11.2. The number of nitrogens with one attached hydrogen (secondary N) is 1. The monoisotopic (exact) mass is 554 g/mol. The Kier molecular flexibility index (Phi) is 8.27. The zero-order valence-corrected chi connectivity index (χ0v) is 22.6. The molecule has 5 nitrogen and oxygen atoms in total. The van der Waals surface area contributed by atoms with E-state index in [4.69, 9.17) is 9.47 Å². The van der Waals surface area contributed by atoms with Gasteiger partial charge >= 0.3 is 0 Å². The number of ether oxygens (including phenoxy) is 2. The summed E-state index contributed by atoms with van der Waals surface area (Å²) in [4.78, 5) is 12.9. The van der Waals surface area contributed by atoms with Gasteiger partial charge in [-0.2, -0.15) is 5.26 Å². The molecule has 0 bridgehead atoms. The van der Waals surface area contributed by atoms with Crippen molar-refractivity contribution in [1.29, 1.82) is 5.26 Å². The summed E-state index contributed by atoms with van der Waals surface area (Å²) in [6.07, 6.45) is 1.54. The fourth-order valence-electron chi connectivity index (χ4n) is 3.90. The quantitative estimate of drug-likeness (QED) is 0.178. The number of carbonyl (C=O) groups is 1. The van der Waals surface area contributed by atoms with Crippen LogP contribution in [0.4, 0.5) is 5.69 Å². The van der Waals surface area contributed by atoms with E-state index in [0.717, 1.165) is 22.1 Å². The SMILES string of the molecule is CCOc1cc(/C=C(\C#N)C(=O)Nc2cc(C)ccc2C)c(Br)cc1OCc1ccc2ccccc2c1. The van der Waals surface area contributed by atoms with Crippen LogP contribution >= 0.6 is 15.9 Å². The number of fused-ring (bicyclic) bond motifs is 1. The molecule has 0 fully saturated rings.